The number of hydrogen-bond acceptors (Lipinski definition) is 2. The third-order valence-corrected chi connectivity index (χ3v) is 4.50. The molecule has 1 unspecified atom stereocenters. The van der Waals surface area contributed by atoms with Gasteiger partial charge in [-0.3, -0.25) is 0 Å². The zero-order chi connectivity index (χ0) is 13.1. The molecule has 1 aliphatic carbocycles. The quantitative estimate of drug-likeness (QED) is 0.851. The van der Waals surface area contributed by atoms with E-state index in [4.69, 9.17) is 11.6 Å². The number of hydrogen-bond donors (Lipinski definition) is 1. The second-order valence-electron chi connectivity index (χ2n) is 4.51. The Morgan fingerprint density at radius 3 is 2.56 bits per heavy atom. The van der Waals surface area contributed by atoms with Crippen molar-refractivity contribution in [2.45, 2.75) is 18.2 Å². The van der Waals surface area contributed by atoms with Crippen LogP contribution in [-0.4, -0.2) is 29.6 Å². The first kappa shape index (κ1) is 13.6. The van der Waals surface area contributed by atoms with Crippen molar-refractivity contribution < 1.29 is 4.79 Å². The lowest BCUT2D eigenvalue weighted by molar-refractivity contribution is 0.215. The Morgan fingerprint density at radius 1 is 1.44 bits per heavy atom. The van der Waals surface area contributed by atoms with E-state index in [-0.39, 0.29) is 11.4 Å². The molecule has 1 aliphatic rings. The molecule has 1 saturated carbocycles. The van der Waals surface area contributed by atoms with Crippen LogP contribution < -0.4 is 5.32 Å². The van der Waals surface area contributed by atoms with Gasteiger partial charge in [-0.2, -0.15) is 0 Å². The smallest absolute Gasteiger partial charge is 0.315 e. The van der Waals surface area contributed by atoms with Crippen LogP contribution in [0.4, 0.5) is 10.5 Å². The summed E-state index contributed by atoms with van der Waals surface area (Å²) in [5.74, 6) is 0.654. The van der Waals surface area contributed by atoms with Crippen LogP contribution in [0.1, 0.15) is 12.8 Å². The minimum absolute atomic E-state index is 0.0661. The van der Waals surface area contributed by atoms with Gasteiger partial charge in [-0.15, -0.1) is 11.8 Å². The zero-order valence-electron chi connectivity index (χ0n) is 10.5. The molecule has 1 aromatic rings. The van der Waals surface area contributed by atoms with E-state index in [1.165, 1.54) is 12.8 Å². The molecule has 1 atom stereocenters. The van der Waals surface area contributed by atoms with Crippen molar-refractivity contribution in [2.75, 3.05) is 18.6 Å². The van der Waals surface area contributed by atoms with Gasteiger partial charge in [0.05, 0.1) is 5.37 Å². The molecule has 0 heterocycles. The highest BCUT2D eigenvalue weighted by Crippen LogP contribution is 2.39. The number of carbonyl (C=O) groups is 1. The third kappa shape index (κ3) is 3.33. The fourth-order valence-electron chi connectivity index (χ4n) is 1.91. The monoisotopic (exact) mass is 284 g/mol. The molecule has 98 valence electrons. The number of nitrogens with one attached hydrogen (secondary N) is 1. The second kappa shape index (κ2) is 5.85. The highest BCUT2D eigenvalue weighted by atomic mass is 35.5. The first-order valence-corrected chi connectivity index (χ1v) is 7.60. The zero-order valence-corrected chi connectivity index (χ0v) is 12.1. The van der Waals surface area contributed by atoms with E-state index in [9.17, 15) is 4.79 Å². The summed E-state index contributed by atoms with van der Waals surface area (Å²) >= 11 is 7.54. The summed E-state index contributed by atoms with van der Waals surface area (Å²) in [6.45, 7) is 0. The first-order valence-electron chi connectivity index (χ1n) is 5.94. The number of thioether (sulfide) groups is 1. The van der Waals surface area contributed by atoms with E-state index in [0.717, 1.165) is 5.69 Å². The number of benzene rings is 1. The van der Waals surface area contributed by atoms with Gasteiger partial charge < -0.3 is 10.2 Å². The van der Waals surface area contributed by atoms with Gasteiger partial charge in [-0.25, -0.2) is 4.79 Å². The fraction of sp³-hybridized carbons (Fsp3) is 0.462. The van der Waals surface area contributed by atoms with Crippen LogP contribution in [0.3, 0.4) is 0 Å². The maximum atomic E-state index is 12.1. The lowest BCUT2D eigenvalue weighted by Gasteiger charge is -2.26. The van der Waals surface area contributed by atoms with E-state index >= 15 is 0 Å². The standard InChI is InChI=1S/C13H17ClN2OS/c1-16(12(18-2)9-3-4-9)13(17)15-11-7-5-10(14)6-8-11/h5-9,12H,3-4H2,1-2H3,(H,15,17). The summed E-state index contributed by atoms with van der Waals surface area (Å²) in [7, 11) is 1.85. The number of urea groups is 1. The maximum absolute atomic E-state index is 12.1. The number of rotatable bonds is 4. The van der Waals surface area contributed by atoms with Crippen LogP contribution in [0.5, 0.6) is 0 Å². The fourth-order valence-corrected chi connectivity index (χ4v) is 3.10. The largest absolute Gasteiger partial charge is 0.322 e. The maximum Gasteiger partial charge on any atom is 0.322 e. The predicted octanol–water partition coefficient (Wildman–Crippen LogP) is 3.90. The Morgan fingerprint density at radius 2 is 2.06 bits per heavy atom. The van der Waals surface area contributed by atoms with Crippen LogP contribution >= 0.6 is 23.4 Å². The van der Waals surface area contributed by atoms with Crippen molar-refractivity contribution in [3.8, 4) is 0 Å². The molecule has 0 spiro atoms. The van der Waals surface area contributed by atoms with Crippen LogP contribution in [0.2, 0.25) is 5.02 Å². The molecule has 18 heavy (non-hydrogen) atoms. The van der Waals surface area contributed by atoms with Crippen molar-refractivity contribution in [2.24, 2.45) is 5.92 Å². The molecule has 2 rings (SSSR count). The summed E-state index contributed by atoms with van der Waals surface area (Å²) in [6, 6.07) is 7.08. The van der Waals surface area contributed by atoms with E-state index in [1.54, 1.807) is 40.9 Å². The van der Waals surface area contributed by atoms with E-state index < -0.39 is 0 Å². The van der Waals surface area contributed by atoms with Crippen LogP contribution in [0.15, 0.2) is 24.3 Å². The number of anilines is 1. The van der Waals surface area contributed by atoms with Crippen molar-refractivity contribution in [1.82, 2.24) is 4.90 Å². The summed E-state index contributed by atoms with van der Waals surface area (Å²) < 4.78 is 0. The van der Waals surface area contributed by atoms with Gasteiger partial charge >= 0.3 is 6.03 Å². The minimum Gasteiger partial charge on any atom is -0.315 e. The Balaban J connectivity index is 1.96. The van der Waals surface area contributed by atoms with Gasteiger partial charge in [-0.1, -0.05) is 11.6 Å². The van der Waals surface area contributed by atoms with Gasteiger partial charge in [0.15, 0.2) is 0 Å². The molecule has 5 heteroatoms. The lowest BCUT2D eigenvalue weighted by atomic mass is 10.3. The van der Waals surface area contributed by atoms with Crippen molar-refractivity contribution in [3.63, 3.8) is 0 Å². The first-order chi connectivity index (χ1) is 8.61. The number of amides is 2. The van der Waals surface area contributed by atoms with Gasteiger partial charge in [0, 0.05) is 17.8 Å². The van der Waals surface area contributed by atoms with Gasteiger partial charge in [0.2, 0.25) is 0 Å². The topological polar surface area (TPSA) is 32.3 Å². The molecule has 1 N–H and O–H groups in total. The van der Waals surface area contributed by atoms with Crippen molar-refractivity contribution >= 4 is 35.1 Å². The van der Waals surface area contributed by atoms with Crippen molar-refractivity contribution in [3.05, 3.63) is 29.3 Å². The molecule has 2 amide bonds. The normalized spacial score (nSPS) is 16.2. The summed E-state index contributed by atoms with van der Waals surface area (Å²) in [5.41, 5.74) is 0.770. The van der Waals surface area contributed by atoms with E-state index in [1.807, 2.05) is 7.05 Å². The summed E-state index contributed by atoms with van der Waals surface area (Å²) in [5, 5.41) is 3.82. The minimum atomic E-state index is -0.0661. The molecule has 1 fully saturated rings. The summed E-state index contributed by atoms with van der Waals surface area (Å²) in [4.78, 5) is 13.9. The Labute approximate surface area is 117 Å². The Bertz CT molecular complexity index is 420. The van der Waals surface area contributed by atoms with Gasteiger partial charge in [0.1, 0.15) is 0 Å². The number of halogens is 1. The highest BCUT2D eigenvalue weighted by Gasteiger charge is 2.35. The molecular weight excluding hydrogens is 268 g/mol. The average Bonchev–Trinajstić information content (AvgIpc) is 3.17. The molecular formula is C13H17ClN2OS. The second-order valence-corrected chi connectivity index (χ2v) is 5.90. The molecule has 0 saturated heterocycles. The lowest BCUT2D eigenvalue weighted by Crippen LogP contribution is -2.39. The molecule has 0 aliphatic heterocycles. The van der Waals surface area contributed by atoms with Crippen LogP contribution in [0.25, 0.3) is 0 Å². The Hall–Kier alpha value is -0.870. The SMILES string of the molecule is CSC(C1CC1)N(C)C(=O)Nc1ccc(Cl)cc1. The summed E-state index contributed by atoms with van der Waals surface area (Å²) in [6.07, 6.45) is 4.50. The van der Waals surface area contributed by atoms with Gasteiger partial charge in [0.25, 0.3) is 0 Å². The number of nitrogens with zero attached hydrogens (tertiary/aromatic N) is 1. The molecule has 3 nitrogen and oxygen atoms in total. The highest BCUT2D eigenvalue weighted by molar-refractivity contribution is 7.99. The van der Waals surface area contributed by atoms with E-state index in [0.29, 0.717) is 10.9 Å². The van der Waals surface area contributed by atoms with Crippen molar-refractivity contribution in [1.29, 1.82) is 0 Å². The molecule has 0 radical (unpaired) electrons. The van der Waals surface area contributed by atoms with Gasteiger partial charge in [-0.05, 0) is 49.3 Å². The van der Waals surface area contributed by atoms with Crippen LogP contribution in [0, 0.1) is 5.92 Å². The third-order valence-electron chi connectivity index (χ3n) is 3.06. The predicted molar refractivity (Wildman–Crippen MR) is 78.3 cm³/mol. The van der Waals surface area contributed by atoms with E-state index in [2.05, 4.69) is 11.6 Å². The molecule has 0 aromatic heterocycles. The molecule has 0 bridgehead atoms. The van der Waals surface area contributed by atoms with Crippen LogP contribution in [-0.2, 0) is 0 Å². The molecule has 1 aromatic carbocycles. The Kier molecular flexibility index (Phi) is 4.40. The number of carbonyl (C=O) groups excluding carboxylic acids is 1. The average molecular weight is 285 g/mol.